The van der Waals surface area contributed by atoms with Crippen molar-refractivity contribution >= 4 is 11.3 Å². The van der Waals surface area contributed by atoms with Crippen molar-refractivity contribution in [3.05, 3.63) is 22.4 Å². The van der Waals surface area contributed by atoms with Crippen LogP contribution in [0.3, 0.4) is 0 Å². The largest absolute Gasteiger partial charge is 0.314 e. The molecule has 0 unspecified atom stereocenters. The first-order valence-corrected chi connectivity index (χ1v) is 6.34. The standard InChI is InChI=1S/C12H19NS/c1-12(2,11-4-3-9-14-11)7-8-13-10-5-6-10/h3-4,9-10,13H,5-8H2,1-2H3. The first-order valence-electron chi connectivity index (χ1n) is 5.46. The quantitative estimate of drug-likeness (QED) is 0.785. The molecule has 0 aromatic carbocycles. The van der Waals surface area contributed by atoms with Crippen molar-refractivity contribution in [3.63, 3.8) is 0 Å². The zero-order valence-corrected chi connectivity index (χ0v) is 9.86. The lowest BCUT2D eigenvalue weighted by atomic mass is 9.87. The highest BCUT2D eigenvalue weighted by Crippen LogP contribution is 2.30. The van der Waals surface area contributed by atoms with Gasteiger partial charge >= 0.3 is 0 Å². The molecule has 0 spiro atoms. The van der Waals surface area contributed by atoms with Crippen molar-refractivity contribution in [2.75, 3.05) is 6.54 Å². The lowest BCUT2D eigenvalue weighted by molar-refractivity contribution is 0.464. The van der Waals surface area contributed by atoms with Gasteiger partial charge in [-0.3, -0.25) is 0 Å². The zero-order valence-electron chi connectivity index (χ0n) is 9.05. The summed E-state index contributed by atoms with van der Waals surface area (Å²) in [5.41, 5.74) is 0.343. The van der Waals surface area contributed by atoms with Gasteiger partial charge in [-0.1, -0.05) is 19.9 Å². The van der Waals surface area contributed by atoms with Gasteiger partial charge in [0.25, 0.3) is 0 Å². The van der Waals surface area contributed by atoms with Crippen molar-refractivity contribution in [2.45, 2.75) is 44.6 Å². The summed E-state index contributed by atoms with van der Waals surface area (Å²) in [6.45, 7) is 5.84. The smallest absolute Gasteiger partial charge is 0.0102 e. The van der Waals surface area contributed by atoms with Gasteiger partial charge in [-0.2, -0.15) is 0 Å². The molecule has 0 saturated heterocycles. The van der Waals surface area contributed by atoms with E-state index in [2.05, 4.69) is 36.7 Å². The van der Waals surface area contributed by atoms with Gasteiger partial charge in [-0.15, -0.1) is 11.3 Å². The molecule has 78 valence electrons. The van der Waals surface area contributed by atoms with E-state index < -0.39 is 0 Å². The second-order valence-electron chi connectivity index (χ2n) is 4.84. The Labute approximate surface area is 90.5 Å². The third kappa shape index (κ3) is 2.58. The Kier molecular flexibility index (Phi) is 2.93. The van der Waals surface area contributed by atoms with Gasteiger partial charge in [-0.25, -0.2) is 0 Å². The maximum atomic E-state index is 3.58. The van der Waals surface area contributed by atoms with E-state index in [1.165, 1.54) is 24.1 Å². The van der Waals surface area contributed by atoms with Crippen LogP contribution in [0.25, 0.3) is 0 Å². The second kappa shape index (κ2) is 4.03. The fourth-order valence-corrected chi connectivity index (χ4v) is 2.55. The average Bonchev–Trinajstić information content (AvgIpc) is 2.80. The summed E-state index contributed by atoms with van der Waals surface area (Å²) >= 11 is 1.88. The molecule has 1 fully saturated rings. The number of hydrogen-bond acceptors (Lipinski definition) is 2. The molecule has 1 N–H and O–H groups in total. The van der Waals surface area contributed by atoms with Crippen LogP contribution in [0.1, 0.15) is 38.0 Å². The lowest BCUT2D eigenvalue weighted by Gasteiger charge is -2.23. The van der Waals surface area contributed by atoms with Crippen LogP contribution in [0.15, 0.2) is 17.5 Å². The van der Waals surface area contributed by atoms with Crippen molar-refractivity contribution in [2.24, 2.45) is 0 Å². The summed E-state index contributed by atoms with van der Waals surface area (Å²) in [6.07, 6.45) is 4.02. The van der Waals surface area contributed by atoms with Gasteiger partial charge in [0.15, 0.2) is 0 Å². The molecule has 2 rings (SSSR count). The Morgan fingerprint density at radius 3 is 2.86 bits per heavy atom. The number of hydrogen-bond donors (Lipinski definition) is 1. The van der Waals surface area contributed by atoms with E-state index in [0.29, 0.717) is 5.41 Å². The summed E-state index contributed by atoms with van der Waals surface area (Å²) in [6, 6.07) is 5.24. The highest BCUT2D eigenvalue weighted by atomic mass is 32.1. The predicted molar refractivity (Wildman–Crippen MR) is 63.0 cm³/mol. The zero-order chi connectivity index (χ0) is 10.0. The molecule has 0 atom stereocenters. The molecule has 0 amide bonds. The number of rotatable bonds is 5. The summed E-state index contributed by atoms with van der Waals surface area (Å²) in [4.78, 5) is 1.51. The number of thiophene rings is 1. The van der Waals surface area contributed by atoms with E-state index in [1.807, 2.05) is 11.3 Å². The summed E-state index contributed by atoms with van der Waals surface area (Å²) in [5.74, 6) is 0. The maximum absolute atomic E-state index is 3.58. The van der Waals surface area contributed by atoms with Crippen molar-refractivity contribution in [3.8, 4) is 0 Å². The van der Waals surface area contributed by atoms with Crippen LogP contribution in [-0.2, 0) is 5.41 Å². The monoisotopic (exact) mass is 209 g/mol. The molecule has 1 heterocycles. The molecular weight excluding hydrogens is 190 g/mol. The van der Waals surface area contributed by atoms with Crippen molar-refractivity contribution in [1.29, 1.82) is 0 Å². The van der Waals surface area contributed by atoms with Crippen molar-refractivity contribution < 1.29 is 0 Å². The van der Waals surface area contributed by atoms with E-state index in [4.69, 9.17) is 0 Å². The van der Waals surface area contributed by atoms with Crippen LogP contribution in [0.2, 0.25) is 0 Å². The van der Waals surface area contributed by atoms with Gasteiger partial charge in [0, 0.05) is 16.3 Å². The minimum atomic E-state index is 0.343. The van der Waals surface area contributed by atoms with E-state index in [-0.39, 0.29) is 0 Å². The molecule has 1 aliphatic rings. The Hall–Kier alpha value is -0.340. The maximum Gasteiger partial charge on any atom is 0.0102 e. The average molecular weight is 209 g/mol. The number of nitrogens with one attached hydrogen (secondary N) is 1. The molecule has 1 aromatic rings. The van der Waals surface area contributed by atoms with Crippen LogP contribution in [0, 0.1) is 0 Å². The minimum Gasteiger partial charge on any atom is -0.314 e. The Bertz CT molecular complexity index is 273. The highest BCUT2D eigenvalue weighted by Gasteiger charge is 2.24. The first-order chi connectivity index (χ1) is 6.68. The molecule has 1 nitrogen and oxygen atoms in total. The van der Waals surface area contributed by atoms with Crippen LogP contribution in [-0.4, -0.2) is 12.6 Å². The van der Waals surface area contributed by atoms with Crippen LogP contribution < -0.4 is 5.32 Å². The molecule has 0 bridgehead atoms. The van der Waals surface area contributed by atoms with E-state index in [0.717, 1.165) is 12.6 Å². The summed E-state index contributed by atoms with van der Waals surface area (Å²) < 4.78 is 0. The SMILES string of the molecule is CC(C)(CCNC1CC1)c1cccs1. The van der Waals surface area contributed by atoms with Gasteiger partial charge in [0.05, 0.1) is 0 Å². The lowest BCUT2D eigenvalue weighted by Crippen LogP contribution is -2.25. The predicted octanol–water partition coefficient (Wildman–Crippen LogP) is 3.17. The summed E-state index contributed by atoms with van der Waals surface area (Å²) in [5, 5.41) is 5.75. The first kappa shape index (κ1) is 10.2. The van der Waals surface area contributed by atoms with Crippen LogP contribution in [0.5, 0.6) is 0 Å². The Morgan fingerprint density at radius 1 is 1.50 bits per heavy atom. The molecule has 0 radical (unpaired) electrons. The summed E-state index contributed by atoms with van der Waals surface area (Å²) in [7, 11) is 0. The molecule has 1 aromatic heterocycles. The van der Waals surface area contributed by atoms with Gasteiger partial charge in [-0.05, 0) is 37.3 Å². The Balaban J connectivity index is 1.81. The molecule has 1 saturated carbocycles. The molecule has 0 aliphatic heterocycles. The van der Waals surface area contributed by atoms with Gasteiger partial charge < -0.3 is 5.32 Å². The third-order valence-corrected chi connectivity index (χ3v) is 4.18. The van der Waals surface area contributed by atoms with E-state index in [1.54, 1.807) is 0 Å². The minimum absolute atomic E-state index is 0.343. The van der Waals surface area contributed by atoms with Crippen LogP contribution in [0.4, 0.5) is 0 Å². The Morgan fingerprint density at radius 2 is 2.29 bits per heavy atom. The molecule has 2 heteroatoms. The van der Waals surface area contributed by atoms with Gasteiger partial charge in [0.2, 0.25) is 0 Å². The normalized spacial score (nSPS) is 17.3. The molecular formula is C12H19NS. The second-order valence-corrected chi connectivity index (χ2v) is 5.79. The molecule has 1 aliphatic carbocycles. The van der Waals surface area contributed by atoms with E-state index >= 15 is 0 Å². The third-order valence-electron chi connectivity index (χ3n) is 2.95. The van der Waals surface area contributed by atoms with E-state index in [9.17, 15) is 0 Å². The van der Waals surface area contributed by atoms with Crippen LogP contribution >= 0.6 is 11.3 Å². The highest BCUT2D eigenvalue weighted by molar-refractivity contribution is 7.10. The topological polar surface area (TPSA) is 12.0 Å². The van der Waals surface area contributed by atoms with Crippen molar-refractivity contribution in [1.82, 2.24) is 5.32 Å². The fraction of sp³-hybridized carbons (Fsp3) is 0.667. The molecule has 14 heavy (non-hydrogen) atoms. The van der Waals surface area contributed by atoms with Gasteiger partial charge in [0.1, 0.15) is 0 Å². The fourth-order valence-electron chi connectivity index (χ4n) is 1.66.